The van der Waals surface area contributed by atoms with Gasteiger partial charge in [0.25, 0.3) is 0 Å². The second kappa shape index (κ2) is 5.63. The number of rotatable bonds is 4. The molecule has 0 aliphatic rings. The zero-order valence-electron chi connectivity index (χ0n) is 9.81. The lowest BCUT2D eigenvalue weighted by atomic mass is 10.1. The molecule has 1 aromatic carbocycles. The Hall–Kier alpha value is -1.20. The van der Waals surface area contributed by atoms with Crippen molar-refractivity contribution >= 4 is 33.2 Å². The van der Waals surface area contributed by atoms with E-state index < -0.39 is 5.97 Å². The predicted molar refractivity (Wildman–Crippen MR) is 75.9 cm³/mol. The van der Waals surface area contributed by atoms with Gasteiger partial charge in [-0.15, -0.1) is 11.3 Å². The number of hydrogen-bond donors (Lipinski definition) is 1. The summed E-state index contributed by atoms with van der Waals surface area (Å²) in [5.74, 6) is -0.791. The smallest absolute Gasteiger partial charge is 0.303 e. The first-order valence-electron chi connectivity index (χ1n) is 5.50. The van der Waals surface area contributed by atoms with Crippen LogP contribution in [0.1, 0.15) is 17.1 Å². The van der Waals surface area contributed by atoms with Gasteiger partial charge in [0, 0.05) is 10.9 Å². The largest absolute Gasteiger partial charge is 0.481 e. The second-order valence-electron chi connectivity index (χ2n) is 3.91. The van der Waals surface area contributed by atoms with E-state index in [-0.39, 0.29) is 6.42 Å². The minimum absolute atomic E-state index is 0.115. The van der Waals surface area contributed by atoms with Crippen molar-refractivity contribution in [1.29, 1.82) is 0 Å². The average Bonchev–Trinajstić information content (AvgIpc) is 2.68. The highest BCUT2D eigenvalue weighted by atomic mass is 79.9. The molecular weight excluding hydrogens is 314 g/mol. The molecule has 1 heterocycles. The first kappa shape index (κ1) is 13.2. The van der Waals surface area contributed by atoms with Gasteiger partial charge in [-0.2, -0.15) is 0 Å². The van der Waals surface area contributed by atoms with Gasteiger partial charge in [0.15, 0.2) is 0 Å². The maximum absolute atomic E-state index is 10.6. The second-order valence-corrected chi connectivity index (χ2v) is 6.03. The molecule has 2 rings (SSSR count). The minimum atomic E-state index is -0.791. The fourth-order valence-corrected chi connectivity index (χ4v) is 3.08. The normalized spacial score (nSPS) is 10.6. The van der Waals surface area contributed by atoms with Crippen molar-refractivity contribution in [3.05, 3.63) is 39.4 Å². The third-order valence-corrected chi connectivity index (χ3v) is 4.02. The van der Waals surface area contributed by atoms with Crippen LogP contribution in [-0.4, -0.2) is 16.1 Å². The van der Waals surface area contributed by atoms with Crippen molar-refractivity contribution in [1.82, 2.24) is 4.98 Å². The highest BCUT2D eigenvalue weighted by Gasteiger charge is 2.12. The lowest BCUT2D eigenvalue weighted by Crippen LogP contribution is -1.98. The summed E-state index contributed by atoms with van der Waals surface area (Å²) in [4.78, 5) is 16.1. The molecule has 2 aromatic rings. The summed E-state index contributed by atoms with van der Waals surface area (Å²) in [5.41, 5.74) is 1.95. The van der Waals surface area contributed by atoms with Crippen molar-refractivity contribution < 1.29 is 9.90 Å². The van der Waals surface area contributed by atoms with Crippen molar-refractivity contribution in [2.75, 3.05) is 0 Å². The summed E-state index contributed by atoms with van der Waals surface area (Å²) < 4.78 is 1.01. The number of halogens is 1. The van der Waals surface area contributed by atoms with Crippen LogP contribution in [0, 0.1) is 6.92 Å². The lowest BCUT2D eigenvalue weighted by Gasteiger charge is -2.02. The number of benzene rings is 1. The van der Waals surface area contributed by atoms with E-state index in [0.717, 1.165) is 25.6 Å². The van der Waals surface area contributed by atoms with Crippen molar-refractivity contribution in [3.8, 4) is 10.4 Å². The molecule has 0 aliphatic heterocycles. The van der Waals surface area contributed by atoms with Gasteiger partial charge in [-0.3, -0.25) is 4.79 Å². The summed E-state index contributed by atoms with van der Waals surface area (Å²) in [6.07, 6.45) is 0.589. The van der Waals surface area contributed by atoms with Gasteiger partial charge in [0.05, 0.1) is 22.0 Å². The molecule has 94 valence electrons. The van der Waals surface area contributed by atoms with Crippen molar-refractivity contribution in [2.45, 2.75) is 19.8 Å². The van der Waals surface area contributed by atoms with E-state index in [1.165, 1.54) is 0 Å². The highest BCUT2D eigenvalue weighted by Crippen LogP contribution is 2.32. The Balaban J connectivity index is 2.35. The minimum Gasteiger partial charge on any atom is -0.481 e. The monoisotopic (exact) mass is 325 g/mol. The van der Waals surface area contributed by atoms with Gasteiger partial charge in [0.2, 0.25) is 0 Å². The van der Waals surface area contributed by atoms with Gasteiger partial charge < -0.3 is 5.11 Å². The Kier molecular flexibility index (Phi) is 4.14. The third-order valence-electron chi connectivity index (χ3n) is 2.47. The summed E-state index contributed by atoms with van der Waals surface area (Å²) in [6.45, 7) is 1.94. The summed E-state index contributed by atoms with van der Waals surface area (Å²) in [6, 6.07) is 7.98. The Bertz CT molecular complexity index is 580. The molecule has 0 spiro atoms. The van der Waals surface area contributed by atoms with Gasteiger partial charge in [-0.05, 0) is 24.6 Å². The van der Waals surface area contributed by atoms with Gasteiger partial charge in [-0.1, -0.05) is 28.1 Å². The molecule has 5 heteroatoms. The Morgan fingerprint density at radius 2 is 2.28 bits per heavy atom. The van der Waals surface area contributed by atoms with Gasteiger partial charge in [-0.25, -0.2) is 4.98 Å². The molecule has 18 heavy (non-hydrogen) atoms. The first-order valence-corrected chi connectivity index (χ1v) is 7.11. The van der Waals surface area contributed by atoms with Crippen molar-refractivity contribution in [3.63, 3.8) is 0 Å². The predicted octanol–water partition coefficient (Wildman–Crippen LogP) is 3.90. The number of nitrogens with zero attached hydrogens (tertiary/aromatic N) is 1. The molecule has 0 aliphatic carbocycles. The van der Waals surface area contributed by atoms with E-state index >= 15 is 0 Å². The number of aromatic nitrogens is 1. The molecule has 1 N–H and O–H groups in total. The number of thiazole rings is 1. The zero-order valence-corrected chi connectivity index (χ0v) is 12.2. The standard InChI is InChI=1S/C13H12BrNO2S/c1-8-15-11(5-6-12(16)17)13(18-8)9-3-2-4-10(14)7-9/h2-4,7H,5-6H2,1H3,(H,16,17). The van der Waals surface area contributed by atoms with Gasteiger partial charge in [0.1, 0.15) is 0 Å². The van der Waals surface area contributed by atoms with E-state index in [9.17, 15) is 4.79 Å². The fourth-order valence-electron chi connectivity index (χ4n) is 1.72. The molecule has 0 bridgehead atoms. The van der Waals surface area contributed by atoms with Crippen LogP contribution in [0.2, 0.25) is 0 Å². The van der Waals surface area contributed by atoms with Crippen LogP contribution in [0.5, 0.6) is 0 Å². The summed E-state index contributed by atoms with van der Waals surface area (Å²) in [7, 11) is 0. The topological polar surface area (TPSA) is 50.2 Å². The van der Waals surface area contributed by atoms with E-state index in [1.807, 2.05) is 31.2 Å². The number of hydrogen-bond acceptors (Lipinski definition) is 3. The van der Waals surface area contributed by atoms with E-state index in [1.54, 1.807) is 11.3 Å². The van der Waals surface area contributed by atoms with Crippen LogP contribution < -0.4 is 0 Å². The highest BCUT2D eigenvalue weighted by molar-refractivity contribution is 9.10. The molecule has 3 nitrogen and oxygen atoms in total. The summed E-state index contributed by atoms with van der Waals surface area (Å²) in [5, 5.41) is 9.72. The Morgan fingerprint density at radius 1 is 1.50 bits per heavy atom. The van der Waals surface area contributed by atoms with Crippen LogP contribution in [0.15, 0.2) is 28.7 Å². The number of carboxylic acids is 1. The van der Waals surface area contributed by atoms with E-state index in [0.29, 0.717) is 6.42 Å². The number of carboxylic acid groups (broad SMARTS) is 1. The third kappa shape index (κ3) is 3.17. The van der Waals surface area contributed by atoms with Crippen LogP contribution >= 0.6 is 27.3 Å². The van der Waals surface area contributed by atoms with E-state index in [2.05, 4.69) is 20.9 Å². The number of carbonyl (C=O) groups is 1. The number of aryl methyl sites for hydroxylation is 2. The quantitative estimate of drug-likeness (QED) is 0.927. The molecule has 0 radical (unpaired) electrons. The van der Waals surface area contributed by atoms with Crippen LogP contribution in [0.25, 0.3) is 10.4 Å². The maximum Gasteiger partial charge on any atom is 0.303 e. The molecule has 0 unspecified atom stereocenters. The zero-order chi connectivity index (χ0) is 13.1. The lowest BCUT2D eigenvalue weighted by molar-refractivity contribution is -0.136. The summed E-state index contributed by atoms with van der Waals surface area (Å²) >= 11 is 5.05. The molecule has 0 amide bonds. The van der Waals surface area contributed by atoms with Crippen molar-refractivity contribution in [2.24, 2.45) is 0 Å². The Labute approximate surface area is 118 Å². The molecular formula is C13H12BrNO2S. The van der Waals surface area contributed by atoms with Crippen LogP contribution in [-0.2, 0) is 11.2 Å². The van der Waals surface area contributed by atoms with E-state index in [4.69, 9.17) is 5.11 Å². The maximum atomic E-state index is 10.6. The number of aliphatic carboxylic acids is 1. The molecule has 0 saturated carbocycles. The molecule has 0 atom stereocenters. The SMILES string of the molecule is Cc1nc(CCC(=O)O)c(-c2cccc(Br)c2)s1. The molecule has 0 fully saturated rings. The molecule has 0 saturated heterocycles. The van der Waals surface area contributed by atoms with Crippen LogP contribution in [0.4, 0.5) is 0 Å². The first-order chi connectivity index (χ1) is 8.56. The average molecular weight is 326 g/mol. The fraction of sp³-hybridized carbons (Fsp3) is 0.231. The Morgan fingerprint density at radius 3 is 2.94 bits per heavy atom. The van der Waals surface area contributed by atoms with Gasteiger partial charge >= 0.3 is 5.97 Å². The van der Waals surface area contributed by atoms with Crippen LogP contribution in [0.3, 0.4) is 0 Å². The molecule has 1 aromatic heterocycles.